The first-order valence-electron chi connectivity index (χ1n) is 3.71. The van der Waals surface area contributed by atoms with Crippen molar-refractivity contribution in [2.24, 2.45) is 0 Å². The molecule has 0 aliphatic heterocycles. The average molecular weight is 172 g/mol. The van der Waals surface area contributed by atoms with E-state index in [0.29, 0.717) is 10.9 Å². The number of hydrogen-bond acceptors (Lipinski definition) is 4. The molecule has 1 atom stereocenters. The van der Waals surface area contributed by atoms with Gasteiger partial charge in [-0.1, -0.05) is 25.2 Å². The Balaban J connectivity index is 2.71. The third-order valence-electron chi connectivity index (χ3n) is 1.65. The topological polar surface area (TPSA) is 46.0 Å². The van der Waals surface area contributed by atoms with Crippen LogP contribution in [0.5, 0.6) is 0 Å². The highest BCUT2D eigenvalue weighted by Crippen LogP contribution is 2.21. The van der Waals surface area contributed by atoms with Gasteiger partial charge in [0.05, 0.1) is 6.61 Å². The molecule has 0 saturated carbocycles. The molecule has 1 N–H and O–H groups in total. The summed E-state index contributed by atoms with van der Waals surface area (Å²) in [5.41, 5.74) is 0. The molecule has 1 aromatic rings. The Morgan fingerprint density at radius 2 is 2.27 bits per heavy atom. The summed E-state index contributed by atoms with van der Waals surface area (Å²) in [7, 11) is 0. The number of nitrogens with zero attached hydrogens (tertiary/aromatic N) is 2. The van der Waals surface area contributed by atoms with E-state index in [0.717, 1.165) is 11.4 Å². The normalized spacial score (nSPS) is 13.4. The maximum Gasteiger partial charge on any atom is 0.143 e. The lowest BCUT2D eigenvalue weighted by Gasteiger charge is -1.99. The van der Waals surface area contributed by atoms with Crippen molar-refractivity contribution in [2.75, 3.05) is 0 Å². The molecule has 3 nitrogen and oxygen atoms in total. The molecule has 0 unspecified atom stereocenters. The zero-order valence-electron chi connectivity index (χ0n) is 6.74. The average Bonchev–Trinajstić information content (AvgIpc) is 2.50. The molecule has 1 heterocycles. The number of rotatable bonds is 3. The van der Waals surface area contributed by atoms with Crippen LogP contribution in [0.1, 0.15) is 36.2 Å². The first kappa shape index (κ1) is 8.62. The summed E-state index contributed by atoms with van der Waals surface area (Å²) in [5, 5.41) is 18.2. The molecule has 1 rings (SSSR count). The van der Waals surface area contributed by atoms with E-state index in [-0.39, 0.29) is 6.61 Å². The Morgan fingerprint density at radius 1 is 1.55 bits per heavy atom. The van der Waals surface area contributed by atoms with Crippen molar-refractivity contribution >= 4 is 11.3 Å². The van der Waals surface area contributed by atoms with Crippen molar-refractivity contribution in [3.05, 3.63) is 10.0 Å². The number of aliphatic hydroxyl groups is 1. The lowest BCUT2D eigenvalue weighted by molar-refractivity contribution is 0.280. The summed E-state index contributed by atoms with van der Waals surface area (Å²) in [6.45, 7) is 4.24. The van der Waals surface area contributed by atoms with Crippen LogP contribution < -0.4 is 0 Å². The fourth-order valence-corrected chi connectivity index (χ4v) is 1.54. The molecule has 0 spiro atoms. The minimum atomic E-state index is 0.00804. The molecule has 0 bridgehead atoms. The second-order valence-corrected chi connectivity index (χ2v) is 3.60. The van der Waals surface area contributed by atoms with E-state index < -0.39 is 0 Å². The molecule has 0 radical (unpaired) electrons. The van der Waals surface area contributed by atoms with Gasteiger partial charge in [-0.05, 0) is 6.42 Å². The van der Waals surface area contributed by atoms with Crippen molar-refractivity contribution in [1.29, 1.82) is 0 Å². The van der Waals surface area contributed by atoms with Gasteiger partial charge in [-0.25, -0.2) is 0 Å². The van der Waals surface area contributed by atoms with Gasteiger partial charge in [0.25, 0.3) is 0 Å². The second kappa shape index (κ2) is 3.78. The summed E-state index contributed by atoms with van der Waals surface area (Å²) >= 11 is 1.49. The SMILES string of the molecule is CC[C@H](C)c1nnc(CO)s1. The van der Waals surface area contributed by atoms with Gasteiger partial charge in [-0.3, -0.25) is 0 Å². The lowest BCUT2D eigenvalue weighted by atomic mass is 10.1. The van der Waals surface area contributed by atoms with Crippen molar-refractivity contribution in [3.8, 4) is 0 Å². The van der Waals surface area contributed by atoms with Crippen molar-refractivity contribution in [2.45, 2.75) is 32.8 Å². The van der Waals surface area contributed by atoms with E-state index in [4.69, 9.17) is 5.11 Å². The van der Waals surface area contributed by atoms with Crippen molar-refractivity contribution < 1.29 is 5.11 Å². The van der Waals surface area contributed by atoms with E-state index in [1.165, 1.54) is 11.3 Å². The molecule has 62 valence electrons. The highest BCUT2D eigenvalue weighted by Gasteiger charge is 2.08. The smallest absolute Gasteiger partial charge is 0.143 e. The van der Waals surface area contributed by atoms with Gasteiger partial charge in [0, 0.05) is 5.92 Å². The standard InChI is InChI=1S/C7H12N2OS/c1-3-5(2)7-9-8-6(4-10)11-7/h5,10H,3-4H2,1-2H3/t5-/m0/s1. The zero-order valence-corrected chi connectivity index (χ0v) is 7.56. The van der Waals surface area contributed by atoms with Crippen LogP contribution in [0.4, 0.5) is 0 Å². The number of aliphatic hydroxyl groups excluding tert-OH is 1. The van der Waals surface area contributed by atoms with Gasteiger partial charge in [0.15, 0.2) is 0 Å². The van der Waals surface area contributed by atoms with Crippen LogP contribution in [0, 0.1) is 0 Å². The van der Waals surface area contributed by atoms with Crippen LogP contribution in [-0.4, -0.2) is 15.3 Å². The summed E-state index contributed by atoms with van der Waals surface area (Å²) < 4.78 is 0. The number of aromatic nitrogens is 2. The van der Waals surface area contributed by atoms with Crippen LogP contribution >= 0.6 is 11.3 Å². The molecule has 0 fully saturated rings. The fraction of sp³-hybridized carbons (Fsp3) is 0.714. The summed E-state index contributed by atoms with van der Waals surface area (Å²) in [5.74, 6) is 0.466. The minimum absolute atomic E-state index is 0.00804. The summed E-state index contributed by atoms with van der Waals surface area (Å²) in [6.07, 6.45) is 1.07. The molecule has 11 heavy (non-hydrogen) atoms. The fourth-order valence-electron chi connectivity index (χ4n) is 0.704. The molecular weight excluding hydrogens is 160 g/mol. The van der Waals surface area contributed by atoms with Gasteiger partial charge >= 0.3 is 0 Å². The monoisotopic (exact) mass is 172 g/mol. The second-order valence-electron chi connectivity index (χ2n) is 2.50. The summed E-state index contributed by atoms with van der Waals surface area (Å²) in [6, 6.07) is 0. The Bertz CT molecular complexity index is 224. The maximum absolute atomic E-state index is 8.71. The molecule has 0 aromatic carbocycles. The van der Waals surface area contributed by atoms with E-state index in [9.17, 15) is 0 Å². The van der Waals surface area contributed by atoms with E-state index in [2.05, 4.69) is 24.0 Å². The third-order valence-corrected chi connectivity index (χ3v) is 2.79. The Kier molecular flexibility index (Phi) is 2.96. The van der Waals surface area contributed by atoms with Crippen molar-refractivity contribution in [1.82, 2.24) is 10.2 Å². The van der Waals surface area contributed by atoms with Gasteiger partial charge in [0.1, 0.15) is 10.0 Å². The predicted molar refractivity (Wildman–Crippen MR) is 44.5 cm³/mol. The van der Waals surface area contributed by atoms with Crippen LogP contribution in [0.3, 0.4) is 0 Å². The Morgan fingerprint density at radius 3 is 2.73 bits per heavy atom. The van der Waals surface area contributed by atoms with E-state index in [1.807, 2.05) is 0 Å². The quantitative estimate of drug-likeness (QED) is 0.752. The van der Waals surface area contributed by atoms with Gasteiger partial charge in [-0.15, -0.1) is 10.2 Å². The Hall–Kier alpha value is -0.480. The molecular formula is C7H12N2OS. The third kappa shape index (κ3) is 1.97. The van der Waals surface area contributed by atoms with Crippen LogP contribution in [0.2, 0.25) is 0 Å². The largest absolute Gasteiger partial charge is 0.389 e. The van der Waals surface area contributed by atoms with Crippen molar-refractivity contribution in [3.63, 3.8) is 0 Å². The van der Waals surface area contributed by atoms with E-state index in [1.54, 1.807) is 0 Å². The molecule has 0 amide bonds. The molecule has 1 aromatic heterocycles. The van der Waals surface area contributed by atoms with Gasteiger partial charge in [-0.2, -0.15) is 0 Å². The molecule has 0 aliphatic rings. The zero-order chi connectivity index (χ0) is 8.27. The van der Waals surface area contributed by atoms with E-state index >= 15 is 0 Å². The lowest BCUT2D eigenvalue weighted by Crippen LogP contribution is -1.88. The maximum atomic E-state index is 8.71. The molecule has 0 aliphatic carbocycles. The minimum Gasteiger partial charge on any atom is -0.389 e. The number of hydrogen-bond donors (Lipinski definition) is 1. The Labute approximate surface area is 70.1 Å². The van der Waals surface area contributed by atoms with Crippen LogP contribution in [-0.2, 0) is 6.61 Å². The predicted octanol–water partition coefficient (Wildman–Crippen LogP) is 1.54. The van der Waals surface area contributed by atoms with Crippen LogP contribution in [0.25, 0.3) is 0 Å². The first-order chi connectivity index (χ1) is 5.27. The highest BCUT2D eigenvalue weighted by molar-refractivity contribution is 7.11. The van der Waals surface area contributed by atoms with Crippen LogP contribution in [0.15, 0.2) is 0 Å². The highest BCUT2D eigenvalue weighted by atomic mass is 32.1. The van der Waals surface area contributed by atoms with Gasteiger partial charge in [0.2, 0.25) is 0 Å². The summed E-state index contributed by atoms with van der Waals surface area (Å²) in [4.78, 5) is 0. The first-order valence-corrected chi connectivity index (χ1v) is 4.52. The molecule has 4 heteroatoms. The molecule has 0 saturated heterocycles. The van der Waals surface area contributed by atoms with Gasteiger partial charge < -0.3 is 5.11 Å².